The molecule has 3 amide bonds. The van der Waals surface area contributed by atoms with Gasteiger partial charge in [0.1, 0.15) is 23.8 Å². The third-order valence-electron chi connectivity index (χ3n) is 5.67. The average molecular weight is 418 g/mol. The number of aryl methyl sites for hydroxylation is 2. The van der Waals surface area contributed by atoms with Crippen LogP contribution in [0.15, 0.2) is 18.2 Å². The summed E-state index contributed by atoms with van der Waals surface area (Å²) in [6, 6.07) is 5.19. The zero-order chi connectivity index (χ0) is 21.3. The second-order valence-corrected chi connectivity index (χ2v) is 7.65. The second kappa shape index (κ2) is 7.99. The van der Waals surface area contributed by atoms with Gasteiger partial charge in [0.25, 0.3) is 5.91 Å². The molecular formula is C21H24ClN3O4. The Bertz CT molecular complexity index is 1000. The number of imide groups is 1. The summed E-state index contributed by atoms with van der Waals surface area (Å²) in [7, 11) is 0. The molecule has 2 heterocycles. The van der Waals surface area contributed by atoms with E-state index >= 15 is 0 Å². The molecule has 7 nitrogen and oxygen atoms in total. The number of hydrogen-bond donors (Lipinski definition) is 1. The predicted octanol–water partition coefficient (Wildman–Crippen LogP) is 3.66. The van der Waals surface area contributed by atoms with Crippen molar-refractivity contribution in [2.24, 2.45) is 0 Å². The van der Waals surface area contributed by atoms with Crippen LogP contribution >= 0.6 is 11.6 Å². The quantitative estimate of drug-likeness (QED) is 0.440. The molecule has 8 heteroatoms. The fraction of sp³-hybridized carbons (Fsp3) is 0.429. The van der Waals surface area contributed by atoms with E-state index in [4.69, 9.17) is 16.3 Å². The van der Waals surface area contributed by atoms with Crippen LogP contribution in [-0.4, -0.2) is 39.9 Å². The van der Waals surface area contributed by atoms with Crippen LogP contribution in [0.5, 0.6) is 0 Å². The van der Waals surface area contributed by atoms with Crippen molar-refractivity contribution in [3.8, 4) is 0 Å². The zero-order valence-corrected chi connectivity index (χ0v) is 17.7. The van der Waals surface area contributed by atoms with E-state index in [2.05, 4.69) is 10.3 Å². The molecule has 1 N–H and O–H groups in total. The van der Waals surface area contributed by atoms with Gasteiger partial charge < -0.3 is 10.1 Å². The Morgan fingerprint density at radius 1 is 1.24 bits per heavy atom. The lowest BCUT2D eigenvalue weighted by Crippen LogP contribution is -2.46. The van der Waals surface area contributed by atoms with Gasteiger partial charge in [0, 0.05) is 10.9 Å². The fourth-order valence-electron chi connectivity index (χ4n) is 3.49. The zero-order valence-electron chi connectivity index (χ0n) is 17.0. The Kier molecular flexibility index (Phi) is 5.80. The molecule has 1 aromatic carbocycles. The van der Waals surface area contributed by atoms with E-state index < -0.39 is 30.0 Å². The van der Waals surface area contributed by atoms with Crippen molar-refractivity contribution in [1.82, 2.24) is 15.2 Å². The van der Waals surface area contributed by atoms with Gasteiger partial charge in [-0.05, 0) is 43.9 Å². The average Bonchev–Trinajstić information content (AvgIpc) is 2.94. The summed E-state index contributed by atoms with van der Waals surface area (Å²) in [5.74, 6) is -1.09. The topological polar surface area (TPSA) is 88.6 Å². The fourth-order valence-corrected chi connectivity index (χ4v) is 3.68. The van der Waals surface area contributed by atoms with Gasteiger partial charge in [0.15, 0.2) is 0 Å². The Morgan fingerprint density at radius 3 is 2.55 bits per heavy atom. The van der Waals surface area contributed by atoms with Gasteiger partial charge in [-0.15, -0.1) is 0 Å². The minimum absolute atomic E-state index is 0.0934. The van der Waals surface area contributed by atoms with Gasteiger partial charge in [-0.1, -0.05) is 37.6 Å². The lowest BCUT2D eigenvalue weighted by molar-refractivity contribution is -0.148. The monoisotopic (exact) mass is 417 g/mol. The van der Waals surface area contributed by atoms with Crippen LogP contribution in [0.1, 0.15) is 43.4 Å². The standard InChI is InChI=1S/C21H24ClN3O4/c1-5-21(6-2)19(27)25(20(28)24-21)10-16(26)29-11-15-9-14-8-7-12(3)13(4)17(14)23-18(15)22/h7-9H,5-6,10-11H2,1-4H3,(H,24,28). The molecule has 0 atom stereocenters. The number of amides is 3. The van der Waals surface area contributed by atoms with Crippen molar-refractivity contribution in [2.45, 2.75) is 52.7 Å². The molecule has 1 aliphatic heterocycles. The molecule has 1 fully saturated rings. The molecule has 0 radical (unpaired) electrons. The maximum atomic E-state index is 12.6. The van der Waals surface area contributed by atoms with Crippen molar-refractivity contribution >= 4 is 40.4 Å². The van der Waals surface area contributed by atoms with Crippen LogP contribution in [-0.2, 0) is 20.9 Å². The van der Waals surface area contributed by atoms with Crippen molar-refractivity contribution in [3.05, 3.63) is 40.0 Å². The summed E-state index contributed by atoms with van der Waals surface area (Å²) >= 11 is 6.27. The number of fused-ring (bicyclic) bond motifs is 1. The van der Waals surface area contributed by atoms with Crippen LogP contribution in [0, 0.1) is 13.8 Å². The number of rotatable bonds is 6. The van der Waals surface area contributed by atoms with Crippen molar-refractivity contribution in [1.29, 1.82) is 0 Å². The van der Waals surface area contributed by atoms with Crippen molar-refractivity contribution in [3.63, 3.8) is 0 Å². The maximum absolute atomic E-state index is 12.6. The highest BCUT2D eigenvalue weighted by molar-refractivity contribution is 6.30. The number of nitrogens with zero attached hydrogens (tertiary/aromatic N) is 2. The minimum atomic E-state index is -0.946. The smallest absolute Gasteiger partial charge is 0.326 e. The summed E-state index contributed by atoms with van der Waals surface area (Å²) in [6.07, 6.45) is 0.910. The summed E-state index contributed by atoms with van der Waals surface area (Å²) in [6.45, 7) is 7.09. The van der Waals surface area contributed by atoms with E-state index in [0.29, 0.717) is 18.4 Å². The van der Waals surface area contributed by atoms with E-state index in [1.165, 1.54) is 0 Å². The van der Waals surface area contributed by atoms with Crippen molar-refractivity contribution < 1.29 is 19.1 Å². The SMILES string of the molecule is CCC1(CC)NC(=O)N(CC(=O)OCc2cc3ccc(C)c(C)c3nc2Cl)C1=O. The third-order valence-corrected chi connectivity index (χ3v) is 5.99. The van der Waals surface area contributed by atoms with Crippen LogP contribution < -0.4 is 5.32 Å². The normalized spacial score (nSPS) is 15.7. The molecular weight excluding hydrogens is 394 g/mol. The molecule has 154 valence electrons. The first-order valence-corrected chi connectivity index (χ1v) is 9.95. The summed E-state index contributed by atoms with van der Waals surface area (Å²) < 4.78 is 5.27. The highest BCUT2D eigenvalue weighted by Gasteiger charge is 2.49. The van der Waals surface area contributed by atoms with E-state index in [1.54, 1.807) is 0 Å². The van der Waals surface area contributed by atoms with Crippen LogP contribution in [0.3, 0.4) is 0 Å². The summed E-state index contributed by atoms with van der Waals surface area (Å²) in [5.41, 5.74) is 2.58. The van der Waals surface area contributed by atoms with Crippen LogP contribution in [0.25, 0.3) is 10.9 Å². The first-order chi connectivity index (χ1) is 13.7. The van der Waals surface area contributed by atoms with E-state index in [9.17, 15) is 14.4 Å². The number of carbonyl (C=O) groups excluding carboxylic acids is 3. The number of esters is 1. The third kappa shape index (κ3) is 3.79. The second-order valence-electron chi connectivity index (χ2n) is 7.29. The summed E-state index contributed by atoms with van der Waals surface area (Å²) in [4.78, 5) is 42.3. The van der Waals surface area contributed by atoms with E-state index in [0.717, 1.165) is 26.9 Å². The molecule has 0 spiro atoms. The number of ether oxygens (including phenoxy) is 1. The number of halogens is 1. The lowest BCUT2D eigenvalue weighted by Gasteiger charge is -2.22. The molecule has 29 heavy (non-hydrogen) atoms. The first kappa shape index (κ1) is 21.0. The number of nitrogens with one attached hydrogen (secondary N) is 1. The molecule has 0 saturated carbocycles. The van der Waals surface area contributed by atoms with Crippen molar-refractivity contribution in [2.75, 3.05) is 6.54 Å². The molecule has 1 saturated heterocycles. The molecule has 0 bridgehead atoms. The van der Waals surface area contributed by atoms with Gasteiger partial charge in [-0.2, -0.15) is 0 Å². The highest BCUT2D eigenvalue weighted by Crippen LogP contribution is 2.26. The minimum Gasteiger partial charge on any atom is -0.459 e. The Labute approximate surface area is 174 Å². The number of pyridine rings is 1. The Morgan fingerprint density at radius 2 is 1.93 bits per heavy atom. The molecule has 3 rings (SSSR count). The van der Waals surface area contributed by atoms with E-state index in [-0.39, 0.29) is 11.8 Å². The summed E-state index contributed by atoms with van der Waals surface area (Å²) in [5, 5.41) is 3.83. The maximum Gasteiger partial charge on any atom is 0.326 e. The largest absolute Gasteiger partial charge is 0.459 e. The first-order valence-electron chi connectivity index (χ1n) is 9.57. The highest BCUT2D eigenvalue weighted by atomic mass is 35.5. The van der Waals surface area contributed by atoms with Gasteiger partial charge in [0.2, 0.25) is 0 Å². The molecule has 0 aliphatic carbocycles. The number of hydrogen-bond acceptors (Lipinski definition) is 5. The van der Waals surface area contributed by atoms with Crippen LogP contribution in [0.2, 0.25) is 5.15 Å². The molecule has 2 aromatic rings. The van der Waals surface area contributed by atoms with E-state index in [1.807, 2.05) is 45.9 Å². The van der Waals surface area contributed by atoms with Gasteiger partial charge in [0.05, 0.1) is 5.52 Å². The Balaban J connectivity index is 1.70. The molecule has 0 unspecified atom stereocenters. The van der Waals surface area contributed by atoms with Gasteiger partial charge >= 0.3 is 12.0 Å². The van der Waals surface area contributed by atoms with Gasteiger partial charge in [-0.3, -0.25) is 14.5 Å². The predicted molar refractivity (Wildman–Crippen MR) is 110 cm³/mol. The lowest BCUT2D eigenvalue weighted by atomic mass is 9.93. The van der Waals surface area contributed by atoms with Gasteiger partial charge in [-0.25, -0.2) is 9.78 Å². The number of urea groups is 1. The number of benzene rings is 1. The Hall–Kier alpha value is -2.67. The number of aromatic nitrogens is 1. The number of carbonyl (C=O) groups is 3. The molecule has 1 aliphatic rings. The molecule has 1 aromatic heterocycles. The van der Waals surface area contributed by atoms with Crippen LogP contribution in [0.4, 0.5) is 4.79 Å².